The highest BCUT2D eigenvalue weighted by Gasteiger charge is 2.11. The number of nitrogens with one attached hydrogen (secondary N) is 1. The molecular formula is C13H20BrN3O. The van der Waals surface area contributed by atoms with Crippen LogP contribution in [0.2, 0.25) is 0 Å². The average Bonchev–Trinajstić information content (AvgIpc) is 2.32. The minimum atomic E-state index is 0.0270. The molecule has 4 nitrogen and oxygen atoms in total. The Morgan fingerprint density at radius 2 is 2.22 bits per heavy atom. The molecule has 0 fully saturated rings. The SMILES string of the molecule is CCCN(CC(=O)NC)Cc1ccc(Br)cc1N. The van der Waals surface area contributed by atoms with Crippen molar-refractivity contribution in [3.63, 3.8) is 0 Å². The summed E-state index contributed by atoms with van der Waals surface area (Å²) >= 11 is 3.39. The number of benzene rings is 1. The molecule has 1 aromatic rings. The maximum Gasteiger partial charge on any atom is 0.233 e. The van der Waals surface area contributed by atoms with E-state index in [0.717, 1.165) is 28.7 Å². The van der Waals surface area contributed by atoms with Gasteiger partial charge in [-0.15, -0.1) is 0 Å². The number of hydrogen-bond acceptors (Lipinski definition) is 3. The molecule has 0 aliphatic rings. The van der Waals surface area contributed by atoms with Crippen LogP contribution >= 0.6 is 15.9 Å². The maximum absolute atomic E-state index is 11.4. The molecule has 0 spiro atoms. The summed E-state index contributed by atoms with van der Waals surface area (Å²) in [6.07, 6.45) is 1.01. The van der Waals surface area contributed by atoms with Gasteiger partial charge in [0.1, 0.15) is 0 Å². The number of nitrogen functional groups attached to an aromatic ring is 1. The van der Waals surface area contributed by atoms with Crippen molar-refractivity contribution in [3.8, 4) is 0 Å². The van der Waals surface area contributed by atoms with E-state index < -0.39 is 0 Å². The second-order valence-corrected chi connectivity index (χ2v) is 5.14. The Labute approximate surface area is 117 Å². The summed E-state index contributed by atoms with van der Waals surface area (Å²) < 4.78 is 0.970. The van der Waals surface area contributed by atoms with Gasteiger partial charge in [-0.2, -0.15) is 0 Å². The minimum Gasteiger partial charge on any atom is -0.398 e. The van der Waals surface area contributed by atoms with Crippen LogP contribution in [0.1, 0.15) is 18.9 Å². The van der Waals surface area contributed by atoms with Crippen molar-refractivity contribution in [1.82, 2.24) is 10.2 Å². The van der Waals surface area contributed by atoms with Crippen LogP contribution in [-0.2, 0) is 11.3 Å². The number of amides is 1. The minimum absolute atomic E-state index is 0.0270. The van der Waals surface area contributed by atoms with Gasteiger partial charge in [0.25, 0.3) is 0 Å². The van der Waals surface area contributed by atoms with Gasteiger partial charge in [-0.3, -0.25) is 9.69 Å². The lowest BCUT2D eigenvalue weighted by molar-refractivity contribution is -0.121. The van der Waals surface area contributed by atoms with E-state index in [1.807, 2.05) is 18.2 Å². The third kappa shape index (κ3) is 4.66. The number of hydrogen-bond donors (Lipinski definition) is 2. The molecular weight excluding hydrogens is 294 g/mol. The average molecular weight is 314 g/mol. The molecule has 18 heavy (non-hydrogen) atoms. The summed E-state index contributed by atoms with van der Waals surface area (Å²) in [4.78, 5) is 13.5. The van der Waals surface area contributed by atoms with Crippen molar-refractivity contribution in [2.24, 2.45) is 0 Å². The summed E-state index contributed by atoms with van der Waals surface area (Å²) in [6, 6.07) is 5.85. The molecule has 0 atom stereocenters. The number of carbonyl (C=O) groups excluding carboxylic acids is 1. The van der Waals surface area contributed by atoms with Crippen LogP contribution in [0.3, 0.4) is 0 Å². The van der Waals surface area contributed by atoms with E-state index in [1.165, 1.54) is 0 Å². The van der Waals surface area contributed by atoms with Gasteiger partial charge in [-0.05, 0) is 30.7 Å². The van der Waals surface area contributed by atoms with E-state index in [9.17, 15) is 4.79 Å². The third-order valence-corrected chi connectivity index (χ3v) is 3.18. The Morgan fingerprint density at radius 3 is 2.78 bits per heavy atom. The second-order valence-electron chi connectivity index (χ2n) is 4.23. The zero-order chi connectivity index (χ0) is 13.5. The fourth-order valence-electron chi connectivity index (χ4n) is 1.76. The van der Waals surface area contributed by atoms with E-state index in [0.29, 0.717) is 13.1 Å². The highest BCUT2D eigenvalue weighted by Crippen LogP contribution is 2.20. The lowest BCUT2D eigenvalue weighted by atomic mass is 10.1. The summed E-state index contributed by atoms with van der Waals surface area (Å²) in [7, 11) is 1.65. The molecule has 0 radical (unpaired) electrons. The zero-order valence-corrected chi connectivity index (χ0v) is 12.5. The molecule has 0 aliphatic heterocycles. The molecule has 0 saturated heterocycles. The Bertz CT molecular complexity index is 409. The van der Waals surface area contributed by atoms with Gasteiger partial charge >= 0.3 is 0 Å². The number of anilines is 1. The van der Waals surface area contributed by atoms with Crippen molar-refractivity contribution >= 4 is 27.5 Å². The topological polar surface area (TPSA) is 58.4 Å². The quantitative estimate of drug-likeness (QED) is 0.790. The van der Waals surface area contributed by atoms with E-state index in [1.54, 1.807) is 7.05 Å². The monoisotopic (exact) mass is 313 g/mol. The van der Waals surface area contributed by atoms with Crippen molar-refractivity contribution < 1.29 is 4.79 Å². The number of rotatable bonds is 6. The lowest BCUT2D eigenvalue weighted by Crippen LogP contribution is -2.35. The first-order valence-electron chi connectivity index (χ1n) is 6.03. The van der Waals surface area contributed by atoms with E-state index in [2.05, 4.69) is 33.1 Å². The van der Waals surface area contributed by atoms with Crippen LogP contribution in [0, 0.1) is 0 Å². The van der Waals surface area contributed by atoms with Crippen LogP contribution in [0.25, 0.3) is 0 Å². The van der Waals surface area contributed by atoms with E-state index in [4.69, 9.17) is 5.73 Å². The highest BCUT2D eigenvalue weighted by atomic mass is 79.9. The van der Waals surface area contributed by atoms with E-state index >= 15 is 0 Å². The Kier molecular flexibility index (Phi) is 6.15. The first-order valence-corrected chi connectivity index (χ1v) is 6.83. The fraction of sp³-hybridized carbons (Fsp3) is 0.462. The molecule has 0 bridgehead atoms. The first-order chi connectivity index (χ1) is 8.56. The molecule has 0 heterocycles. The van der Waals surface area contributed by atoms with Gasteiger partial charge in [0.15, 0.2) is 0 Å². The van der Waals surface area contributed by atoms with Crippen molar-refractivity contribution in [3.05, 3.63) is 28.2 Å². The zero-order valence-electron chi connectivity index (χ0n) is 10.9. The van der Waals surface area contributed by atoms with Gasteiger partial charge in [-0.25, -0.2) is 0 Å². The number of nitrogens with two attached hydrogens (primary N) is 1. The Morgan fingerprint density at radius 1 is 1.50 bits per heavy atom. The van der Waals surface area contributed by atoms with Gasteiger partial charge in [0.05, 0.1) is 6.54 Å². The number of likely N-dealkylation sites (N-methyl/N-ethyl adjacent to an activating group) is 1. The molecule has 3 N–H and O–H groups in total. The molecule has 5 heteroatoms. The lowest BCUT2D eigenvalue weighted by Gasteiger charge is -2.21. The summed E-state index contributed by atoms with van der Waals surface area (Å²) in [5.74, 6) is 0.0270. The van der Waals surface area contributed by atoms with Crippen LogP contribution < -0.4 is 11.1 Å². The molecule has 1 aromatic carbocycles. The molecule has 1 rings (SSSR count). The smallest absolute Gasteiger partial charge is 0.233 e. The highest BCUT2D eigenvalue weighted by molar-refractivity contribution is 9.10. The molecule has 0 saturated carbocycles. The van der Waals surface area contributed by atoms with Gasteiger partial charge in [0, 0.05) is 23.8 Å². The molecule has 0 aromatic heterocycles. The number of carbonyl (C=O) groups is 1. The van der Waals surface area contributed by atoms with E-state index in [-0.39, 0.29) is 5.91 Å². The predicted molar refractivity (Wildman–Crippen MR) is 78.2 cm³/mol. The van der Waals surface area contributed by atoms with Crippen molar-refractivity contribution in [2.75, 3.05) is 25.9 Å². The predicted octanol–water partition coefficient (Wildman–Crippen LogP) is 1.99. The fourth-order valence-corrected chi connectivity index (χ4v) is 2.14. The second kappa shape index (κ2) is 7.38. The van der Waals surface area contributed by atoms with Crippen LogP contribution in [0.4, 0.5) is 5.69 Å². The van der Waals surface area contributed by atoms with Crippen LogP contribution in [0.5, 0.6) is 0 Å². The summed E-state index contributed by atoms with van der Waals surface area (Å²) in [5.41, 5.74) is 7.78. The third-order valence-electron chi connectivity index (χ3n) is 2.69. The summed E-state index contributed by atoms with van der Waals surface area (Å²) in [5, 5.41) is 2.64. The largest absolute Gasteiger partial charge is 0.398 e. The van der Waals surface area contributed by atoms with Gasteiger partial charge in [0.2, 0.25) is 5.91 Å². The molecule has 0 unspecified atom stereocenters. The normalized spacial score (nSPS) is 10.7. The van der Waals surface area contributed by atoms with Gasteiger partial charge < -0.3 is 11.1 Å². The Balaban J connectivity index is 2.72. The van der Waals surface area contributed by atoms with Crippen LogP contribution in [0.15, 0.2) is 22.7 Å². The number of halogens is 1. The van der Waals surface area contributed by atoms with Crippen molar-refractivity contribution in [2.45, 2.75) is 19.9 Å². The Hall–Kier alpha value is -1.07. The maximum atomic E-state index is 11.4. The van der Waals surface area contributed by atoms with Gasteiger partial charge in [-0.1, -0.05) is 28.9 Å². The number of nitrogens with zero attached hydrogens (tertiary/aromatic N) is 1. The molecule has 1 amide bonds. The standard InChI is InChI=1S/C13H20BrN3O/c1-3-6-17(9-13(18)16-2)8-10-4-5-11(14)7-12(10)15/h4-5,7H,3,6,8-9,15H2,1-2H3,(H,16,18). The van der Waals surface area contributed by atoms with Crippen LogP contribution in [-0.4, -0.2) is 30.9 Å². The summed E-state index contributed by atoms with van der Waals surface area (Å²) in [6.45, 7) is 4.07. The molecule has 100 valence electrons. The molecule has 0 aliphatic carbocycles. The first kappa shape index (κ1) is 15.0. The van der Waals surface area contributed by atoms with Crippen molar-refractivity contribution in [1.29, 1.82) is 0 Å².